The Labute approximate surface area is 385 Å². The van der Waals surface area contributed by atoms with Gasteiger partial charge in [-0.2, -0.15) is 0 Å². The Hall–Kier alpha value is -3.72. The summed E-state index contributed by atoms with van der Waals surface area (Å²) in [6, 6.07) is 32.1. The summed E-state index contributed by atoms with van der Waals surface area (Å²) in [5.74, 6) is 6.92. The quantitative estimate of drug-likeness (QED) is 0.0533. The third kappa shape index (κ3) is 16.3. The second-order valence-corrected chi connectivity index (χ2v) is 19.7. The molecule has 0 N–H and O–H groups in total. The lowest BCUT2D eigenvalue weighted by Crippen LogP contribution is -2.13. The van der Waals surface area contributed by atoms with Gasteiger partial charge in [0.1, 0.15) is 23.0 Å². The summed E-state index contributed by atoms with van der Waals surface area (Å²) < 4.78 is 19.7. The molecule has 6 rings (SSSR count). The third-order valence-corrected chi connectivity index (χ3v) is 14.6. The summed E-state index contributed by atoms with van der Waals surface area (Å²) in [7, 11) is 0. The minimum Gasteiger partial charge on any atom is -0.494 e. The summed E-state index contributed by atoms with van der Waals surface area (Å²) in [6.07, 6.45) is 33.1. The van der Waals surface area contributed by atoms with E-state index in [-0.39, 0.29) is 0 Å². The van der Waals surface area contributed by atoms with Crippen LogP contribution in [-0.4, -0.2) is 13.2 Å². The zero-order chi connectivity index (χ0) is 43.9. The first-order valence-corrected chi connectivity index (χ1v) is 26.4. The molecule has 0 unspecified atom stereocenters. The Bertz CT molecular complexity index is 1690. The first kappa shape index (κ1) is 48.7. The number of rotatable bonds is 28. The van der Waals surface area contributed by atoms with Gasteiger partial charge >= 0.3 is 0 Å². The van der Waals surface area contributed by atoms with Crippen LogP contribution in [0.1, 0.15) is 227 Å². The van der Waals surface area contributed by atoms with Gasteiger partial charge in [-0.1, -0.05) is 166 Å². The van der Waals surface area contributed by atoms with Crippen LogP contribution in [0.2, 0.25) is 0 Å². The summed E-state index contributed by atoms with van der Waals surface area (Å²) in [4.78, 5) is 0. The van der Waals surface area contributed by atoms with Gasteiger partial charge in [0.05, 0.1) is 13.2 Å². The van der Waals surface area contributed by atoms with Crippen molar-refractivity contribution in [1.82, 2.24) is 0 Å². The van der Waals surface area contributed by atoms with Gasteiger partial charge in [-0.3, -0.25) is 0 Å². The summed E-state index contributed by atoms with van der Waals surface area (Å²) in [5.41, 5.74) is 7.98. The first-order valence-electron chi connectivity index (χ1n) is 26.4. The van der Waals surface area contributed by atoms with E-state index < -0.39 is 0 Å². The second kappa shape index (κ2) is 27.6. The maximum absolute atomic E-state index is 7.03. The zero-order valence-electron chi connectivity index (χ0n) is 40.4. The van der Waals surface area contributed by atoms with E-state index >= 15 is 0 Å². The van der Waals surface area contributed by atoms with Crippen LogP contribution >= 0.6 is 0 Å². The molecule has 63 heavy (non-hydrogen) atoms. The van der Waals surface area contributed by atoms with E-state index in [1.54, 1.807) is 0 Å². The molecule has 0 spiro atoms. The fourth-order valence-electron chi connectivity index (χ4n) is 10.5. The zero-order valence-corrected chi connectivity index (χ0v) is 40.4. The van der Waals surface area contributed by atoms with E-state index in [0.29, 0.717) is 11.8 Å². The van der Waals surface area contributed by atoms with Crippen molar-refractivity contribution in [2.75, 3.05) is 13.2 Å². The Morgan fingerprint density at radius 2 is 0.778 bits per heavy atom. The predicted octanol–water partition coefficient (Wildman–Crippen LogP) is 18.3. The molecule has 0 radical (unpaired) electrons. The molecule has 0 amide bonds. The van der Waals surface area contributed by atoms with E-state index in [9.17, 15) is 0 Å². The van der Waals surface area contributed by atoms with Gasteiger partial charge in [-0.05, 0) is 147 Å². The molecule has 344 valence electrons. The van der Waals surface area contributed by atoms with Gasteiger partial charge in [0.2, 0.25) is 0 Å². The molecule has 2 aliphatic carbocycles. The average molecular weight is 855 g/mol. The fraction of sp³-hybridized carbons (Fsp3) is 0.600. The number of ether oxygens (including phenoxy) is 3. The van der Waals surface area contributed by atoms with Crippen molar-refractivity contribution in [3.63, 3.8) is 0 Å². The molecule has 4 aromatic carbocycles. The maximum Gasteiger partial charge on any atom is 0.131 e. The highest BCUT2D eigenvalue weighted by atomic mass is 16.5. The molecule has 0 atom stereocenters. The Morgan fingerprint density at radius 1 is 0.397 bits per heavy atom. The van der Waals surface area contributed by atoms with E-state index in [0.717, 1.165) is 84.9 Å². The van der Waals surface area contributed by atoms with Crippen molar-refractivity contribution in [2.45, 2.75) is 206 Å². The minimum atomic E-state index is 0.697. The lowest BCUT2D eigenvalue weighted by atomic mass is 9.77. The molecule has 3 nitrogen and oxygen atoms in total. The van der Waals surface area contributed by atoms with Crippen molar-refractivity contribution in [1.29, 1.82) is 0 Å². The van der Waals surface area contributed by atoms with Crippen molar-refractivity contribution in [3.05, 3.63) is 118 Å². The van der Waals surface area contributed by atoms with Gasteiger partial charge in [0, 0.05) is 24.0 Å². The first-order chi connectivity index (χ1) is 31.0. The Balaban J connectivity index is 1.17. The van der Waals surface area contributed by atoms with Gasteiger partial charge in [-0.25, -0.2) is 0 Å². The highest BCUT2D eigenvalue weighted by Gasteiger charge is 2.24. The number of benzene rings is 4. The van der Waals surface area contributed by atoms with E-state index in [2.05, 4.69) is 113 Å². The molecule has 2 fully saturated rings. The predicted molar refractivity (Wildman–Crippen MR) is 268 cm³/mol. The van der Waals surface area contributed by atoms with Crippen molar-refractivity contribution < 1.29 is 14.2 Å². The second-order valence-electron chi connectivity index (χ2n) is 19.7. The maximum atomic E-state index is 7.03. The van der Waals surface area contributed by atoms with Crippen molar-refractivity contribution in [3.8, 4) is 23.0 Å². The highest BCUT2D eigenvalue weighted by molar-refractivity contribution is 5.49. The van der Waals surface area contributed by atoms with E-state index in [1.165, 1.54) is 164 Å². The van der Waals surface area contributed by atoms with Crippen LogP contribution in [0, 0.1) is 11.8 Å². The monoisotopic (exact) mass is 855 g/mol. The molecule has 0 aliphatic heterocycles. The van der Waals surface area contributed by atoms with Gasteiger partial charge < -0.3 is 14.2 Å². The van der Waals surface area contributed by atoms with Crippen LogP contribution in [0.25, 0.3) is 0 Å². The fourth-order valence-corrected chi connectivity index (χ4v) is 10.5. The lowest BCUT2D eigenvalue weighted by Gasteiger charge is -2.29. The number of unbranched alkanes of at least 4 members (excludes halogenated alkanes) is 10. The smallest absolute Gasteiger partial charge is 0.131 e. The largest absolute Gasteiger partial charge is 0.494 e. The molecular formula is C60H86O3. The normalized spacial score (nSPS) is 18.9. The summed E-state index contributed by atoms with van der Waals surface area (Å²) in [5, 5.41) is 0. The number of hydrogen-bond acceptors (Lipinski definition) is 3. The highest BCUT2D eigenvalue weighted by Crippen LogP contribution is 2.40. The summed E-state index contributed by atoms with van der Waals surface area (Å²) in [6.45, 7) is 10.6. The van der Waals surface area contributed by atoms with E-state index in [4.69, 9.17) is 14.2 Å². The Kier molecular flexibility index (Phi) is 21.3. The molecule has 0 bridgehead atoms. The molecule has 2 saturated carbocycles. The van der Waals surface area contributed by atoms with Gasteiger partial charge in [0.25, 0.3) is 0 Å². The van der Waals surface area contributed by atoms with Crippen LogP contribution in [0.3, 0.4) is 0 Å². The molecule has 0 saturated heterocycles. The topological polar surface area (TPSA) is 27.7 Å². The molecule has 0 heterocycles. The molecule has 3 heteroatoms. The Morgan fingerprint density at radius 3 is 1.16 bits per heavy atom. The number of hydrogen-bond donors (Lipinski definition) is 0. The van der Waals surface area contributed by atoms with Crippen LogP contribution in [-0.2, 0) is 12.8 Å². The average Bonchev–Trinajstić information content (AvgIpc) is 3.31. The van der Waals surface area contributed by atoms with Gasteiger partial charge in [-0.15, -0.1) is 0 Å². The van der Waals surface area contributed by atoms with Crippen LogP contribution in [0.5, 0.6) is 23.0 Å². The van der Waals surface area contributed by atoms with E-state index in [1.807, 2.05) is 0 Å². The van der Waals surface area contributed by atoms with Crippen LogP contribution in [0.4, 0.5) is 0 Å². The molecule has 0 aromatic heterocycles. The standard InChI is InChI=1S/C60H86O3/c1-5-9-13-17-41-61-57-37-39-59(55(45-57)43-49-25-33-53(34-26-49)51-29-21-47(22-30-51)19-15-11-7-3)63-60-40-38-58(62-42-18-14-10-6-2)46-56(60)44-50-27-35-54(36-28-50)52-31-23-48(24-32-52)20-16-12-8-4/h25-28,33-40,45-48,51-52H,5-24,29-32,41-44H2,1-4H3/t47-,48-,51-,52-. The van der Waals surface area contributed by atoms with Crippen molar-refractivity contribution >= 4 is 0 Å². The van der Waals surface area contributed by atoms with Gasteiger partial charge in [0.15, 0.2) is 0 Å². The van der Waals surface area contributed by atoms with Crippen LogP contribution in [0.15, 0.2) is 84.9 Å². The molecule has 2 aliphatic rings. The third-order valence-electron chi connectivity index (χ3n) is 14.6. The minimum absolute atomic E-state index is 0.697. The lowest BCUT2D eigenvalue weighted by molar-refractivity contribution is 0.303. The van der Waals surface area contributed by atoms with Crippen LogP contribution < -0.4 is 14.2 Å². The van der Waals surface area contributed by atoms with Crippen molar-refractivity contribution in [2.24, 2.45) is 11.8 Å². The summed E-state index contributed by atoms with van der Waals surface area (Å²) >= 11 is 0. The molecule has 4 aromatic rings. The molecular weight excluding hydrogens is 769 g/mol. The SMILES string of the molecule is CCCCCCOc1ccc(Oc2ccc(OCCCCCC)cc2Cc2ccc([C@H]3CC[C@H](CCCCC)CC3)cc2)c(Cc2ccc([C@H]3CC[C@H](CCCCC)CC3)cc2)c1.